The van der Waals surface area contributed by atoms with Crippen LogP contribution >= 0.6 is 0 Å². The van der Waals surface area contributed by atoms with Crippen LogP contribution in [0, 0.1) is 0 Å². The van der Waals surface area contributed by atoms with Crippen molar-refractivity contribution in [2.45, 2.75) is 62.9 Å². The minimum absolute atomic E-state index is 0.175. The Bertz CT molecular complexity index is 883. The molecule has 1 spiro atoms. The van der Waals surface area contributed by atoms with Crippen LogP contribution in [0.1, 0.15) is 62.1 Å². The SMILES string of the molecule is O=C1CCCC[C@]2(CN(Cc3cnc(N4CCCCC4)nc3)C[C@H]2c2ccccn2)N1. The van der Waals surface area contributed by atoms with Crippen molar-refractivity contribution in [2.24, 2.45) is 0 Å². The van der Waals surface area contributed by atoms with E-state index < -0.39 is 0 Å². The Balaban J connectivity index is 1.33. The number of carbonyl (C=O) groups is 1. The van der Waals surface area contributed by atoms with Crippen molar-refractivity contribution in [3.63, 3.8) is 0 Å². The van der Waals surface area contributed by atoms with Gasteiger partial charge in [0.15, 0.2) is 0 Å². The summed E-state index contributed by atoms with van der Waals surface area (Å²) in [5, 5.41) is 3.41. The van der Waals surface area contributed by atoms with Crippen molar-refractivity contribution in [3.05, 3.63) is 48.0 Å². The predicted octanol–water partition coefficient (Wildman–Crippen LogP) is 2.89. The maximum absolute atomic E-state index is 12.5. The van der Waals surface area contributed by atoms with Gasteiger partial charge in [-0.15, -0.1) is 0 Å². The van der Waals surface area contributed by atoms with Crippen molar-refractivity contribution in [2.75, 3.05) is 31.1 Å². The Morgan fingerprint density at radius 1 is 1.03 bits per heavy atom. The second kappa shape index (κ2) is 8.91. The van der Waals surface area contributed by atoms with Crippen LogP contribution in [0.5, 0.6) is 0 Å². The fourth-order valence-corrected chi connectivity index (χ4v) is 5.54. The average Bonchev–Trinajstić information content (AvgIpc) is 3.04. The van der Waals surface area contributed by atoms with Gasteiger partial charge in [-0.3, -0.25) is 14.7 Å². The van der Waals surface area contributed by atoms with Gasteiger partial charge < -0.3 is 10.2 Å². The van der Waals surface area contributed by atoms with E-state index in [0.717, 1.165) is 69.2 Å². The molecule has 3 fully saturated rings. The third-order valence-electron chi connectivity index (χ3n) is 7.06. The maximum Gasteiger partial charge on any atom is 0.225 e. The molecule has 5 rings (SSSR count). The summed E-state index contributed by atoms with van der Waals surface area (Å²) in [5.74, 6) is 1.22. The monoisotopic (exact) mass is 420 g/mol. The van der Waals surface area contributed by atoms with Gasteiger partial charge in [-0.2, -0.15) is 0 Å². The van der Waals surface area contributed by atoms with Crippen molar-refractivity contribution in [3.8, 4) is 0 Å². The molecule has 3 aliphatic heterocycles. The van der Waals surface area contributed by atoms with Crippen LogP contribution in [0.25, 0.3) is 0 Å². The molecule has 0 aliphatic carbocycles. The normalized spacial score (nSPS) is 27.3. The summed E-state index contributed by atoms with van der Waals surface area (Å²) >= 11 is 0. The van der Waals surface area contributed by atoms with Gasteiger partial charge in [0.25, 0.3) is 0 Å². The van der Waals surface area contributed by atoms with Gasteiger partial charge in [0.05, 0.1) is 5.54 Å². The fraction of sp³-hybridized carbons (Fsp3) is 0.583. The highest BCUT2D eigenvalue weighted by Crippen LogP contribution is 2.40. The van der Waals surface area contributed by atoms with Gasteiger partial charge in [0.2, 0.25) is 11.9 Å². The van der Waals surface area contributed by atoms with Crippen LogP contribution in [0.2, 0.25) is 0 Å². The summed E-state index contributed by atoms with van der Waals surface area (Å²) in [5.41, 5.74) is 1.96. The first-order valence-electron chi connectivity index (χ1n) is 11.7. The largest absolute Gasteiger partial charge is 0.349 e. The first kappa shape index (κ1) is 20.4. The summed E-state index contributed by atoms with van der Waals surface area (Å²) in [4.78, 5) is 31.2. The van der Waals surface area contributed by atoms with E-state index in [2.05, 4.69) is 36.1 Å². The number of likely N-dealkylation sites (tertiary alicyclic amines) is 1. The maximum atomic E-state index is 12.5. The summed E-state index contributed by atoms with van der Waals surface area (Å²) in [6, 6.07) is 6.10. The third-order valence-corrected chi connectivity index (χ3v) is 7.06. The van der Waals surface area contributed by atoms with E-state index in [1.807, 2.05) is 30.7 Å². The molecule has 7 nitrogen and oxygen atoms in total. The molecule has 0 aromatic carbocycles. The van der Waals surface area contributed by atoms with Gasteiger partial charge in [-0.1, -0.05) is 12.5 Å². The topological polar surface area (TPSA) is 74.2 Å². The molecule has 3 aliphatic rings. The zero-order valence-corrected chi connectivity index (χ0v) is 18.2. The van der Waals surface area contributed by atoms with Crippen LogP contribution in [0.15, 0.2) is 36.8 Å². The molecule has 164 valence electrons. The molecule has 0 radical (unpaired) electrons. The zero-order chi connectivity index (χ0) is 21.1. The number of nitrogens with one attached hydrogen (secondary N) is 1. The molecule has 5 heterocycles. The molecule has 31 heavy (non-hydrogen) atoms. The number of nitrogens with zero attached hydrogens (tertiary/aromatic N) is 5. The molecule has 3 saturated heterocycles. The van der Waals surface area contributed by atoms with E-state index in [0.29, 0.717) is 6.42 Å². The molecule has 7 heteroatoms. The lowest BCUT2D eigenvalue weighted by atomic mass is 9.81. The molecular formula is C24H32N6O. The number of piperidine rings is 1. The quantitative estimate of drug-likeness (QED) is 0.820. The van der Waals surface area contributed by atoms with Crippen LogP contribution in [-0.2, 0) is 11.3 Å². The summed E-state index contributed by atoms with van der Waals surface area (Å²) in [7, 11) is 0. The summed E-state index contributed by atoms with van der Waals surface area (Å²) in [6.07, 6.45) is 13.2. The van der Waals surface area contributed by atoms with E-state index in [9.17, 15) is 4.79 Å². The standard InChI is InChI=1S/C24H32N6O/c31-22-9-2-4-10-24(28-22)18-29(17-20(24)21-8-3-5-11-25-21)16-19-14-26-23(27-15-19)30-12-6-1-7-13-30/h3,5,8,11,14-15,20H,1-2,4,6-7,9-10,12-13,16-18H2,(H,28,31)/t20-,24+/m0/s1. The Morgan fingerprint density at radius 2 is 1.87 bits per heavy atom. The number of pyridine rings is 1. The van der Waals surface area contributed by atoms with Gasteiger partial charge in [-0.25, -0.2) is 9.97 Å². The Morgan fingerprint density at radius 3 is 2.65 bits per heavy atom. The summed E-state index contributed by atoms with van der Waals surface area (Å²) < 4.78 is 0. The summed E-state index contributed by atoms with van der Waals surface area (Å²) in [6.45, 7) is 4.62. The lowest BCUT2D eigenvalue weighted by molar-refractivity contribution is -0.122. The number of anilines is 1. The molecule has 1 amide bonds. The molecular weight excluding hydrogens is 388 g/mol. The second-order valence-electron chi connectivity index (χ2n) is 9.33. The third kappa shape index (κ3) is 4.42. The number of carbonyl (C=O) groups excluding carboxylic acids is 1. The van der Waals surface area contributed by atoms with Crippen LogP contribution in [0.4, 0.5) is 5.95 Å². The first-order chi connectivity index (χ1) is 15.2. The van der Waals surface area contributed by atoms with E-state index in [1.165, 1.54) is 19.3 Å². The van der Waals surface area contributed by atoms with Gasteiger partial charge in [-0.05, 0) is 44.2 Å². The van der Waals surface area contributed by atoms with Crippen LogP contribution < -0.4 is 10.2 Å². The predicted molar refractivity (Wildman–Crippen MR) is 120 cm³/mol. The molecule has 0 saturated carbocycles. The van der Waals surface area contributed by atoms with Crippen LogP contribution in [0.3, 0.4) is 0 Å². The minimum Gasteiger partial charge on any atom is -0.349 e. The number of hydrogen-bond acceptors (Lipinski definition) is 6. The molecule has 2 atom stereocenters. The fourth-order valence-electron chi connectivity index (χ4n) is 5.54. The van der Waals surface area contributed by atoms with Crippen molar-refractivity contribution in [1.82, 2.24) is 25.2 Å². The van der Waals surface area contributed by atoms with Crippen molar-refractivity contribution in [1.29, 1.82) is 0 Å². The molecule has 0 bridgehead atoms. The minimum atomic E-state index is -0.240. The number of aromatic nitrogens is 3. The van der Waals surface area contributed by atoms with Crippen molar-refractivity contribution < 1.29 is 4.79 Å². The molecule has 2 aromatic rings. The zero-order valence-electron chi connectivity index (χ0n) is 18.2. The second-order valence-corrected chi connectivity index (χ2v) is 9.33. The lowest BCUT2D eigenvalue weighted by Gasteiger charge is -2.34. The van der Waals surface area contributed by atoms with E-state index in [-0.39, 0.29) is 17.4 Å². The number of rotatable bonds is 4. The molecule has 1 N–H and O–H groups in total. The number of amides is 1. The van der Waals surface area contributed by atoms with Gasteiger partial charge in [0.1, 0.15) is 0 Å². The highest BCUT2D eigenvalue weighted by molar-refractivity contribution is 5.77. The Labute approximate surface area is 184 Å². The Hall–Kier alpha value is -2.54. The van der Waals surface area contributed by atoms with Crippen molar-refractivity contribution >= 4 is 11.9 Å². The van der Waals surface area contributed by atoms with E-state index >= 15 is 0 Å². The molecule has 2 aromatic heterocycles. The van der Waals surface area contributed by atoms with Crippen LogP contribution in [-0.4, -0.2) is 57.5 Å². The lowest BCUT2D eigenvalue weighted by Crippen LogP contribution is -2.52. The molecule has 0 unspecified atom stereocenters. The highest BCUT2D eigenvalue weighted by Gasteiger charge is 2.49. The first-order valence-corrected chi connectivity index (χ1v) is 11.7. The average molecular weight is 421 g/mol. The number of hydrogen-bond donors (Lipinski definition) is 1. The van der Waals surface area contributed by atoms with Gasteiger partial charge in [0, 0.05) is 74.9 Å². The van der Waals surface area contributed by atoms with Gasteiger partial charge >= 0.3 is 0 Å². The Kier molecular flexibility index (Phi) is 5.85. The van der Waals surface area contributed by atoms with E-state index in [1.54, 1.807) is 0 Å². The van der Waals surface area contributed by atoms with E-state index in [4.69, 9.17) is 0 Å². The highest BCUT2D eigenvalue weighted by atomic mass is 16.1. The smallest absolute Gasteiger partial charge is 0.225 e.